The summed E-state index contributed by atoms with van der Waals surface area (Å²) in [5, 5.41) is 9.89. The molecule has 0 heterocycles. The van der Waals surface area contributed by atoms with Crippen LogP contribution in [0.2, 0.25) is 0 Å². The Bertz CT molecular complexity index is 634. The van der Waals surface area contributed by atoms with Gasteiger partial charge < -0.3 is 16.0 Å². The SMILES string of the molecule is CN=C(NCCCNc1ccccc1)NCCc1cccc(F)c1.I. The molecule has 0 aliphatic heterocycles. The highest BCUT2D eigenvalue weighted by Gasteiger charge is 1.99. The zero-order valence-electron chi connectivity index (χ0n) is 14.5. The molecule has 0 aliphatic carbocycles. The Hall–Kier alpha value is -1.83. The van der Waals surface area contributed by atoms with E-state index in [1.54, 1.807) is 19.2 Å². The first-order chi connectivity index (χ1) is 11.8. The van der Waals surface area contributed by atoms with Crippen molar-refractivity contribution in [3.05, 3.63) is 66.0 Å². The summed E-state index contributed by atoms with van der Waals surface area (Å²) >= 11 is 0. The third-order valence-electron chi connectivity index (χ3n) is 3.57. The van der Waals surface area contributed by atoms with Crippen LogP contribution in [0.25, 0.3) is 0 Å². The van der Waals surface area contributed by atoms with Gasteiger partial charge in [-0.25, -0.2) is 4.39 Å². The topological polar surface area (TPSA) is 48.5 Å². The standard InChI is InChI=1S/C19H25FN4.HI/c1-21-19(24-14-11-16-7-5-8-17(20)15-16)23-13-6-12-22-18-9-3-2-4-10-18;/h2-5,7-10,15,22H,6,11-14H2,1H3,(H2,21,23,24);1H. The summed E-state index contributed by atoms with van der Waals surface area (Å²) in [5.74, 6) is 0.576. The van der Waals surface area contributed by atoms with E-state index in [0.717, 1.165) is 43.1 Å². The highest BCUT2D eigenvalue weighted by Crippen LogP contribution is 2.04. The van der Waals surface area contributed by atoms with Crippen molar-refractivity contribution in [2.75, 3.05) is 32.0 Å². The lowest BCUT2D eigenvalue weighted by atomic mass is 10.1. The second kappa shape index (κ2) is 12.5. The maximum Gasteiger partial charge on any atom is 0.190 e. The first-order valence-corrected chi connectivity index (χ1v) is 8.26. The van der Waals surface area contributed by atoms with Gasteiger partial charge in [-0.05, 0) is 42.7 Å². The number of anilines is 1. The van der Waals surface area contributed by atoms with Crippen molar-refractivity contribution in [3.63, 3.8) is 0 Å². The number of para-hydroxylation sites is 1. The van der Waals surface area contributed by atoms with Crippen molar-refractivity contribution in [2.24, 2.45) is 4.99 Å². The third-order valence-corrected chi connectivity index (χ3v) is 3.57. The predicted molar refractivity (Wildman–Crippen MR) is 114 cm³/mol. The average Bonchev–Trinajstić information content (AvgIpc) is 2.61. The maximum atomic E-state index is 13.1. The van der Waals surface area contributed by atoms with E-state index in [0.29, 0.717) is 6.54 Å². The predicted octanol–water partition coefficient (Wildman–Crippen LogP) is 3.65. The molecule has 2 aromatic carbocycles. The molecule has 0 aliphatic rings. The average molecular weight is 456 g/mol. The molecule has 4 nitrogen and oxygen atoms in total. The van der Waals surface area contributed by atoms with Gasteiger partial charge in [0, 0.05) is 32.4 Å². The minimum atomic E-state index is -0.194. The molecule has 0 radical (unpaired) electrons. The number of hydrogen-bond acceptors (Lipinski definition) is 2. The van der Waals surface area contributed by atoms with Gasteiger partial charge in [-0.3, -0.25) is 4.99 Å². The van der Waals surface area contributed by atoms with E-state index in [9.17, 15) is 4.39 Å². The summed E-state index contributed by atoms with van der Waals surface area (Å²) < 4.78 is 13.1. The van der Waals surface area contributed by atoms with Crippen LogP contribution < -0.4 is 16.0 Å². The van der Waals surface area contributed by atoms with Gasteiger partial charge in [-0.1, -0.05) is 30.3 Å². The summed E-state index contributed by atoms with van der Waals surface area (Å²) in [5.41, 5.74) is 2.11. The second-order valence-electron chi connectivity index (χ2n) is 5.45. The molecule has 0 fully saturated rings. The van der Waals surface area contributed by atoms with Crippen molar-refractivity contribution in [2.45, 2.75) is 12.8 Å². The molecule has 0 aromatic heterocycles. The highest BCUT2D eigenvalue weighted by molar-refractivity contribution is 14.0. The summed E-state index contributed by atoms with van der Waals surface area (Å²) in [6, 6.07) is 16.8. The monoisotopic (exact) mass is 456 g/mol. The van der Waals surface area contributed by atoms with Crippen molar-refractivity contribution in [3.8, 4) is 0 Å². The number of aliphatic imine (C=N–C) groups is 1. The van der Waals surface area contributed by atoms with E-state index in [-0.39, 0.29) is 29.8 Å². The van der Waals surface area contributed by atoms with Crippen molar-refractivity contribution in [1.82, 2.24) is 10.6 Å². The Morgan fingerprint density at radius 3 is 2.44 bits per heavy atom. The van der Waals surface area contributed by atoms with Crippen LogP contribution in [-0.2, 0) is 6.42 Å². The van der Waals surface area contributed by atoms with Gasteiger partial charge in [-0.15, -0.1) is 24.0 Å². The van der Waals surface area contributed by atoms with Crippen LogP contribution in [0.4, 0.5) is 10.1 Å². The molecule has 2 aromatic rings. The zero-order valence-corrected chi connectivity index (χ0v) is 16.8. The molecule has 0 atom stereocenters. The van der Waals surface area contributed by atoms with Gasteiger partial charge in [-0.2, -0.15) is 0 Å². The third kappa shape index (κ3) is 8.72. The molecule has 0 amide bonds. The molecule has 0 bridgehead atoms. The Morgan fingerprint density at radius 1 is 0.960 bits per heavy atom. The van der Waals surface area contributed by atoms with Crippen LogP contribution >= 0.6 is 24.0 Å². The molecular formula is C19H26FIN4. The normalized spacial score (nSPS) is 10.7. The summed E-state index contributed by atoms with van der Waals surface area (Å²) in [7, 11) is 1.75. The summed E-state index contributed by atoms with van der Waals surface area (Å²) in [6.45, 7) is 2.45. The minimum absolute atomic E-state index is 0. The summed E-state index contributed by atoms with van der Waals surface area (Å²) in [4.78, 5) is 4.19. The smallest absolute Gasteiger partial charge is 0.190 e. The molecular weight excluding hydrogens is 430 g/mol. The molecule has 25 heavy (non-hydrogen) atoms. The largest absolute Gasteiger partial charge is 0.385 e. The van der Waals surface area contributed by atoms with Gasteiger partial charge in [0.25, 0.3) is 0 Å². The van der Waals surface area contributed by atoms with Crippen molar-refractivity contribution >= 4 is 35.6 Å². The Balaban J connectivity index is 0.00000312. The van der Waals surface area contributed by atoms with Gasteiger partial charge >= 0.3 is 0 Å². The first-order valence-electron chi connectivity index (χ1n) is 8.26. The quantitative estimate of drug-likeness (QED) is 0.246. The molecule has 0 spiro atoms. The lowest BCUT2D eigenvalue weighted by molar-refractivity contribution is 0.625. The fourth-order valence-corrected chi connectivity index (χ4v) is 2.32. The summed E-state index contributed by atoms with van der Waals surface area (Å²) in [6.07, 6.45) is 1.74. The van der Waals surface area contributed by atoms with E-state index in [4.69, 9.17) is 0 Å². The number of nitrogens with one attached hydrogen (secondary N) is 3. The number of rotatable bonds is 8. The van der Waals surface area contributed by atoms with E-state index in [1.165, 1.54) is 6.07 Å². The highest BCUT2D eigenvalue weighted by atomic mass is 127. The number of guanidine groups is 1. The van der Waals surface area contributed by atoms with E-state index in [2.05, 4.69) is 33.1 Å². The second-order valence-corrected chi connectivity index (χ2v) is 5.45. The van der Waals surface area contributed by atoms with E-state index < -0.39 is 0 Å². The lowest BCUT2D eigenvalue weighted by Crippen LogP contribution is -2.39. The van der Waals surface area contributed by atoms with Gasteiger partial charge in [0.1, 0.15) is 5.82 Å². The maximum absolute atomic E-state index is 13.1. The van der Waals surface area contributed by atoms with E-state index >= 15 is 0 Å². The van der Waals surface area contributed by atoms with Crippen molar-refractivity contribution in [1.29, 1.82) is 0 Å². The molecule has 6 heteroatoms. The Morgan fingerprint density at radius 2 is 1.72 bits per heavy atom. The van der Waals surface area contributed by atoms with Crippen LogP contribution in [0.3, 0.4) is 0 Å². The fraction of sp³-hybridized carbons (Fsp3) is 0.316. The Labute approximate surface area is 166 Å². The van der Waals surface area contributed by atoms with Crippen LogP contribution in [0, 0.1) is 5.82 Å². The molecule has 3 N–H and O–H groups in total. The number of halogens is 2. The van der Waals surface area contributed by atoms with Crippen LogP contribution in [0.15, 0.2) is 59.6 Å². The molecule has 0 unspecified atom stereocenters. The van der Waals surface area contributed by atoms with Crippen LogP contribution in [0.1, 0.15) is 12.0 Å². The Kier molecular flexibility index (Phi) is 10.6. The number of hydrogen-bond donors (Lipinski definition) is 3. The molecule has 0 saturated heterocycles. The first kappa shape index (κ1) is 21.2. The number of benzene rings is 2. The van der Waals surface area contributed by atoms with Gasteiger partial charge in [0.05, 0.1) is 0 Å². The van der Waals surface area contributed by atoms with Crippen molar-refractivity contribution < 1.29 is 4.39 Å². The molecule has 136 valence electrons. The van der Waals surface area contributed by atoms with Gasteiger partial charge in [0.15, 0.2) is 5.96 Å². The molecule has 0 saturated carbocycles. The van der Waals surface area contributed by atoms with Gasteiger partial charge in [0.2, 0.25) is 0 Å². The zero-order chi connectivity index (χ0) is 17.0. The van der Waals surface area contributed by atoms with Crippen LogP contribution in [0.5, 0.6) is 0 Å². The fourth-order valence-electron chi connectivity index (χ4n) is 2.32. The number of nitrogens with zero attached hydrogens (tertiary/aromatic N) is 1. The molecule has 2 rings (SSSR count). The van der Waals surface area contributed by atoms with Crippen LogP contribution in [-0.4, -0.2) is 32.6 Å². The lowest BCUT2D eigenvalue weighted by Gasteiger charge is -2.12. The minimum Gasteiger partial charge on any atom is -0.385 e. The van der Waals surface area contributed by atoms with E-state index in [1.807, 2.05) is 24.3 Å².